The van der Waals surface area contributed by atoms with Gasteiger partial charge in [-0.15, -0.1) is 11.3 Å². The lowest BCUT2D eigenvalue weighted by Crippen LogP contribution is -1.99. The van der Waals surface area contributed by atoms with E-state index in [9.17, 15) is 9.18 Å². The Morgan fingerprint density at radius 1 is 1.12 bits per heavy atom. The molecule has 1 aromatic heterocycles. The van der Waals surface area contributed by atoms with Crippen LogP contribution in [0.25, 0.3) is 21.8 Å². The summed E-state index contributed by atoms with van der Waals surface area (Å²) in [7, 11) is 1.59. The Morgan fingerprint density at radius 2 is 1.75 bits per heavy atom. The molecule has 0 radical (unpaired) electrons. The van der Waals surface area contributed by atoms with Crippen molar-refractivity contribution in [3.05, 3.63) is 59.2 Å². The van der Waals surface area contributed by atoms with Gasteiger partial charge in [0.2, 0.25) is 0 Å². The van der Waals surface area contributed by atoms with Crippen molar-refractivity contribution in [3.8, 4) is 27.6 Å². The number of rotatable bonds is 5. The van der Waals surface area contributed by atoms with E-state index in [2.05, 4.69) is 4.98 Å². The molecule has 3 aromatic rings. The fraction of sp³-hybridized carbons (Fsp3) is 0.111. The topological polar surface area (TPSA) is 59.4 Å². The number of methoxy groups -OCH3 is 1. The van der Waals surface area contributed by atoms with Crippen LogP contribution in [-0.4, -0.2) is 23.2 Å². The highest BCUT2D eigenvalue weighted by Crippen LogP contribution is 2.35. The molecule has 0 saturated heterocycles. The summed E-state index contributed by atoms with van der Waals surface area (Å²) in [6, 6.07) is 13.3. The Balaban J connectivity index is 2.04. The third-order valence-corrected chi connectivity index (χ3v) is 4.57. The number of aromatic nitrogens is 1. The summed E-state index contributed by atoms with van der Waals surface area (Å²) < 4.78 is 18.3. The summed E-state index contributed by atoms with van der Waals surface area (Å²) in [5, 5.41) is 9.85. The number of carboxylic acid groups (broad SMARTS) is 1. The first-order valence-electron chi connectivity index (χ1n) is 7.18. The van der Waals surface area contributed by atoms with E-state index in [1.807, 2.05) is 24.3 Å². The maximum absolute atomic E-state index is 13.1. The van der Waals surface area contributed by atoms with E-state index in [0.717, 1.165) is 11.3 Å². The fourth-order valence-corrected chi connectivity index (χ4v) is 3.38. The predicted octanol–water partition coefficient (Wildman–Crippen LogP) is 4.25. The molecule has 24 heavy (non-hydrogen) atoms. The van der Waals surface area contributed by atoms with Crippen LogP contribution in [0.5, 0.6) is 5.75 Å². The maximum Gasteiger partial charge on any atom is 0.308 e. The molecule has 1 N–H and O–H groups in total. The number of hydrogen-bond acceptors (Lipinski definition) is 4. The van der Waals surface area contributed by atoms with E-state index in [1.54, 1.807) is 19.2 Å². The van der Waals surface area contributed by atoms with Crippen molar-refractivity contribution in [1.29, 1.82) is 0 Å². The zero-order valence-electron chi connectivity index (χ0n) is 12.8. The summed E-state index contributed by atoms with van der Waals surface area (Å²) in [5.41, 5.74) is 2.15. The van der Waals surface area contributed by atoms with Gasteiger partial charge in [-0.2, -0.15) is 0 Å². The van der Waals surface area contributed by atoms with Crippen LogP contribution >= 0.6 is 11.3 Å². The molecule has 0 aliphatic rings. The number of benzene rings is 2. The normalized spacial score (nSPS) is 10.6. The van der Waals surface area contributed by atoms with Gasteiger partial charge in [0.25, 0.3) is 0 Å². The maximum atomic E-state index is 13.1. The van der Waals surface area contributed by atoms with Gasteiger partial charge < -0.3 is 9.84 Å². The summed E-state index contributed by atoms with van der Waals surface area (Å²) in [4.78, 5) is 16.4. The average molecular weight is 343 g/mol. The summed E-state index contributed by atoms with van der Waals surface area (Å²) in [6.45, 7) is 0. The molecule has 3 rings (SSSR count). The van der Waals surface area contributed by atoms with E-state index < -0.39 is 5.97 Å². The quantitative estimate of drug-likeness (QED) is 0.752. The highest BCUT2D eigenvalue weighted by molar-refractivity contribution is 7.15. The predicted molar refractivity (Wildman–Crippen MR) is 90.8 cm³/mol. The molecule has 0 unspecified atom stereocenters. The lowest BCUT2D eigenvalue weighted by atomic mass is 10.1. The van der Waals surface area contributed by atoms with Crippen LogP contribution < -0.4 is 4.74 Å². The second-order valence-corrected chi connectivity index (χ2v) is 6.18. The number of carboxylic acids is 1. The molecule has 6 heteroatoms. The van der Waals surface area contributed by atoms with Crippen molar-refractivity contribution >= 4 is 17.3 Å². The number of carbonyl (C=O) groups is 1. The Hall–Kier alpha value is -2.73. The monoisotopic (exact) mass is 343 g/mol. The number of hydrogen-bond donors (Lipinski definition) is 1. The SMILES string of the molecule is COc1ccc(-c2nc(-c3ccc(F)cc3)c(CC(=O)O)s2)cc1. The summed E-state index contributed by atoms with van der Waals surface area (Å²) >= 11 is 1.33. The molecular weight excluding hydrogens is 329 g/mol. The number of nitrogens with zero attached hydrogens (tertiary/aromatic N) is 1. The Kier molecular flexibility index (Phi) is 4.57. The van der Waals surface area contributed by atoms with Crippen molar-refractivity contribution in [3.63, 3.8) is 0 Å². The Bertz CT molecular complexity index is 857. The first kappa shape index (κ1) is 16.1. The third kappa shape index (κ3) is 3.44. The summed E-state index contributed by atoms with van der Waals surface area (Å²) in [6.07, 6.45) is -0.124. The zero-order chi connectivity index (χ0) is 17.1. The highest BCUT2D eigenvalue weighted by atomic mass is 32.1. The molecule has 4 nitrogen and oxygen atoms in total. The molecule has 0 saturated carbocycles. The highest BCUT2D eigenvalue weighted by Gasteiger charge is 2.17. The Morgan fingerprint density at radius 3 is 2.33 bits per heavy atom. The van der Waals surface area contributed by atoms with Crippen molar-refractivity contribution in [2.24, 2.45) is 0 Å². The Labute approximate surface area is 142 Å². The lowest BCUT2D eigenvalue weighted by Gasteiger charge is -2.00. The van der Waals surface area contributed by atoms with Crippen LogP contribution in [0.2, 0.25) is 0 Å². The molecule has 122 valence electrons. The lowest BCUT2D eigenvalue weighted by molar-refractivity contribution is -0.136. The van der Waals surface area contributed by atoms with Crippen LogP contribution in [0, 0.1) is 5.82 Å². The first-order valence-corrected chi connectivity index (χ1v) is 8.00. The van der Waals surface area contributed by atoms with Gasteiger partial charge in [0, 0.05) is 16.0 Å². The van der Waals surface area contributed by atoms with Gasteiger partial charge in [0.05, 0.1) is 19.2 Å². The smallest absolute Gasteiger partial charge is 0.308 e. The largest absolute Gasteiger partial charge is 0.497 e. The first-order chi connectivity index (χ1) is 11.6. The van der Waals surface area contributed by atoms with E-state index in [1.165, 1.54) is 23.5 Å². The second-order valence-electron chi connectivity index (χ2n) is 5.10. The minimum atomic E-state index is -0.928. The molecule has 0 spiro atoms. The van der Waals surface area contributed by atoms with E-state index in [4.69, 9.17) is 9.84 Å². The van der Waals surface area contributed by atoms with Gasteiger partial charge in [0.15, 0.2) is 0 Å². The van der Waals surface area contributed by atoms with Crippen LogP contribution in [0.3, 0.4) is 0 Å². The van der Waals surface area contributed by atoms with Crippen molar-refractivity contribution in [1.82, 2.24) is 4.98 Å². The second kappa shape index (κ2) is 6.80. The van der Waals surface area contributed by atoms with Gasteiger partial charge in [-0.3, -0.25) is 4.79 Å². The van der Waals surface area contributed by atoms with Gasteiger partial charge >= 0.3 is 5.97 Å². The molecule has 0 atom stereocenters. The number of thiazole rings is 1. The van der Waals surface area contributed by atoms with Gasteiger partial charge in [-0.25, -0.2) is 9.37 Å². The standard InChI is InChI=1S/C18H14FNO3S/c1-23-14-8-4-12(5-9-14)18-20-17(15(24-18)10-16(21)22)11-2-6-13(19)7-3-11/h2-9H,10H2,1H3,(H,21,22). The third-order valence-electron chi connectivity index (χ3n) is 3.46. The van der Waals surface area contributed by atoms with Crippen molar-refractivity contribution in [2.75, 3.05) is 7.11 Å². The molecule has 0 amide bonds. The number of ether oxygens (including phenoxy) is 1. The van der Waals surface area contributed by atoms with E-state index in [-0.39, 0.29) is 12.2 Å². The molecule has 0 fully saturated rings. The number of aliphatic carboxylic acids is 1. The van der Waals surface area contributed by atoms with E-state index in [0.29, 0.717) is 21.1 Å². The molecule has 2 aromatic carbocycles. The summed E-state index contributed by atoms with van der Waals surface area (Å²) in [5.74, 6) is -0.535. The minimum Gasteiger partial charge on any atom is -0.497 e. The molecule has 0 aliphatic carbocycles. The minimum absolute atomic E-state index is 0.124. The average Bonchev–Trinajstić information content (AvgIpc) is 2.98. The van der Waals surface area contributed by atoms with Crippen molar-refractivity contribution in [2.45, 2.75) is 6.42 Å². The molecule has 0 bridgehead atoms. The molecule has 0 aliphatic heterocycles. The zero-order valence-corrected chi connectivity index (χ0v) is 13.6. The van der Waals surface area contributed by atoms with Crippen LogP contribution in [0.4, 0.5) is 4.39 Å². The van der Waals surface area contributed by atoms with Crippen LogP contribution in [0.1, 0.15) is 4.88 Å². The van der Waals surface area contributed by atoms with Crippen molar-refractivity contribution < 1.29 is 19.0 Å². The van der Waals surface area contributed by atoms with Gasteiger partial charge in [0.1, 0.15) is 16.6 Å². The fourth-order valence-electron chi connectivity index (χ4n) is 2.30. The van der Waals surface area contributed by atoms with Gasteiger partial charge in [-0.05, 0) is 48.5 Å². The number of halogens is 1. The molecule has 1 heterocycles. The molecular formula is C18H14FNO3S. The van der Waals surface area contributed by atoms with Crippen LogP contribution in [0.15, 0.2) is 48.5 Å². The van der Waals surface area contributed by atoms with E-state index >= 15 is 0 Å². The van der Waals surface area contributed by atoms with Crippen LogP contribution in [-0.2, 0) is 11.2 Å². The van der Waals surface area contributed by atoms with Gasteiger partial charge in [-0.1, -0.05) is 0 Å².